The number of thioether (sulfide) groups is 1. The molecule has 0 spiro atoms. The molecule has 0 saturated carbocycles. The first kappa shape index (κ1) is 17.1. The molecule has 126 valence electrons. The third-order valence-corrected chi connectivity index (χ3v) is 5.84. The number of thiophene rings is 1. The van der Waals surface area contributed by atoms with Gasteiger partial charge in [-0.25, -0.2) is 13.8 Å². The summed E-state index contributed by atoms with van der Waals surface area (Å²) in [4.78, 5) is 17.7. The van der Waals surface area contributed by atoms with Crippen LogP contribution in [0.1, 0.15) is 11.1 Å². The van der Waals surface area contributed by atoms with Gasteiger partial charge in [-0.3, -0.25) is 9.36 Å². The van der Waals surface area contributed by atoms with E-state index < -0.39 is 6.43 Å². The van der Waals surface area contributed by atoms with Crippen molar-refractivity contribution in [2.75, 3.05) is 5.75 Å². The lowest BCUT2D eigenvalue weighted by Crippen LogP contribution is -2.20. The second-order valence-electron chi connectivity index (χ2n) is 5.59. The minimum atomic E-state index is -2.43. The molecule has 7 heteroatoms. The molecule has 0 radical (unpaired) electrons. The summed E-state index contributed by atoms with van der Waals surface area (Å²) in [6, 6.07) is 6.07. The van der Waals surface area contributed by atoms with Gasteiger partial charge in [0.2, 0.25) is 6.43 Å². The number of rotatable bonds is 4. The summed E-state index contributed by atoms with van der Waals surface area (Å²) in [6.45, 7) is 4.07. The van der Waals surface area contributed by atoms with E-state index in [0.717, 1.165) is 28.5 Å². The highest BCUT2D eigenvalue weighted by molar-refractivity contribution is 7.99. The van der Waals surface area contributed by atoms with Crippen molar-refractivity contribution in [3.63, 3.8) is 0 Å². The van der Waals surface area contributed by atoms with Crippen molar-refractivity contribution in [1.29, 1.82) is 0 Å². The van der Waals surface area contributed by atoms with Crippen molar-refractivity contribution >= 4 is 33.3 Å². The number of nitrogens with zero attached hydrogens (tertiary/aromatic N) is 2. The molecule has 0 aliphatic rings. The standard InChI is InChI=1S/C17H16F2N2OS2/c1-9-4-5-11(6-10(9)2)12-7-23-15-14(12)16(22)21(3)17(20-15)24-8-13(18)19/h4-7,13H,8H2,1-3H3. The van der Waals surface area contributed by atoms with Crippen LogP contribution >= 0.6 is 23.1 Å². The average Bonchev–Trinajstić information content (AvgIpc) is 2.96. The zero-order valence-corrected chi connectivity index (χ0v) is 15.1. The van der Waals surface area contributed by atoms with Crippen LogP contribution in [0.25, 0.3) is 21.3 Å². The van der Waals surface area contributed by atoms with Crippen LogP contribution in [-0.2, 0) is 7.05 Å². The number of fused-ring (bicyclic) bond motifs is 1. The van der Waals surface area contributed by atoms with Crippen molar-refractivity contribution in [3.8, 4) is 11.1 Å². The second-order valence-corrected chi connectivity index (χ2v) is 7.43. The first-order chi connectivity index (χ1) is 11.4. The van der Waals surface area contributed by atoms with Gasteiger partial charge in [0.25, 0.3) is 5.56 Å². The van der Waals surface area contributed by atoms with Crippen LogP contribution in [0.3, 0.4) is 0 Å². The number of benzene rings is 1. The highest BCUT2D eigenvalue weighted by Crippen LogP contribution is 2.33. The van der Waals surface area contributed by atoms with Gasteiger partial charge in [-0.15, -0.1) is 11.3 Å². The fourth-order valence-electron chi connectivity index (χ4n) is 2.44. The van der Waals surface area contributed by atoms with Gasteiger partial charge in [-0.05, 0) is 30.5 Å². The molecular weight excluding hydrogens is 350 g/mol. The van der Waals surface area contributed by atoms with Crippen molar-refractivity contribution in [2.24, 2.45) is 7.05 Å². The maximum atomic E-state index is 12.7. The second kappa shape index (κ2) is 6.64. The predicted molar refractivity (Wildman–Crippen MR) is 96.5 cm³/mol. The Morgan fingerprint density at radius 1 is 1.29 bits per heavy atom. The summed E-state index contributed by atoms with van der Waals surface area (Å²) in [5.41, 5.74) is 3.95. The smallest absolute Gasteiger partial charge is 0.263 e. The molecule has 3 nitrogen and oxygen atoms in total. The summed E-state index contributed by atoms with van der Waals surface area (Å²) in [5.74, 6) is -0.374. The third-order valence-electron chi connectivity index (χ3n) is 3.93. The van der Waals surface area contributed by atoms with Crippen LogP contribution < -0.4 is 5.56 Å². The van der Waals surface area contributed by atoms with E-state index in [-0.39, 0.29) is 11.3 Å². The van der Waals surface area contributed by atoms with Crippen LogP contribution in [0.5, 0.6) is 0 Å². The van der Waals surface area contributed by atoms with Crippen molar-refractivity contribution in [3.05, 3.63) is 45.1 Å². The molecule has 0 amide bonds. The highest BCUT2D eigenvalue weighted by atomic mass is 32.2. The van der Waals surface area contributed by atoms with Gasteiger partial charge in [0, 0.05) is 18.0 Å². The van der Waals surface area contributed by atoms with Gasteiger partial charge in [0.05, 0.1) is 11.1 Å². The van der Waals surface area contributed by atoms with Gasteiger partial charge in [0.1, 0.15) is 4.83 Å². The van der Waals surface area contributed by atoms with Gasteiger partial charge in [-0.2, -0.15) is 0 Å². The Labute approximate surface area is 146 Å². The SMILES string of the molecule is Cc1ccc(-c2csc3nc(SCC(F)F)n(C)c(=O)c23)cc1C. The lowest BCUT2D eigenvalue weighted by atomic mass is 10.0. The fraction of sp³-hybridized carbons (Fsp3) is 0.294. The molecule has 2 heterocycles. The normalized spacial score (nSPS) is 11.6. The average molecular weight is 366 g/mol. The van der Waals surface area contributed by atoms with E-state index in [9.17, 15) is 13.6 Å². The Hall–Kier alpha value is -1.73. The molecule has 0 atom stereocenters. The Bertz CT molecular complexity index is 963. The van der Waals surface area contributed by atoms with Crippen LogP contribution in [0, 0.1) is 13.8 Å². The number of hydrogen-bond donors (Lipinski definition) is 0. The molecule has 1 aromatic carbocycles. The molecule has 0 fully saturated rings. The molecule has 3 rings (SSSR count). The van der Waals surface area contributed by atoms with Crippen molar-refractivity contribution < 1.29 is 8.78 Å². The Morgan fingerprint density at radius 2 is 2.04 bits per heavy atom. The van der Waals surface area contributed by atoms with Gasteiger partial charge < -0.3 is 0 Å². The number of aryl methyl sites for hydroxylation is 2. The fourth-order valence-corrected chi connectivity index (χ4v) is 4.14. The minimum Gasteiger partial charge on any atom is -0.290 e. The summed E-state index contributed by atoms with van der Waals surface area (Å²) in [7, 11) is 1.57. The van der Waals surface area contributed by atoms with E-state index in [0.29, 0.717) is 15.4 Å². The van der Waals surface area contributed by atoms with Crippen LogP contribution in [0.2, 0.25) is 0 Å². The summed E-state index contributed by atoms with van der Waals surface area (Å²) >= 11 is 2.27. The molecule has 24 heavy (non-hydrogen) atoms. The number of hydrogen-bond acceptors (Lipinski definition) is 4. The molecule has 3 aromatic rings. The summed E-state index contributed by atoms with van der Waals surface area (Å²) in [6.07, 6.45) is -2.43. The lowest BCUT2D eigenvalue weighted by Gasteiger charge is -2.08. The molecule has 0 N–H and O–H groups in total. The van der Waals surface area contributed by atoms with E-state index in [1.165, 1.54) is 21.5 Å². The predicted octanol–water partition coefficient (Wildman–Crippen LogP) is 4.64. The third kappa shape index (κ3) is 3.10. The van der Waals surface area contributed by atoms with Crippen LogP contribution in [0.4, 0.5) is 8.78 Å². The van der Waals surface area contributed by atoms with Crippen molar-refractivity contribution in [2.45, 2.75) is 25.4 Å². The van der Waals surface area contributed by atoms with Crippen LogP contribution in [-0.4, -0.2) is 21.7 Å². The van der Waals surface area contributed by atoms with Gasteiger partial charge >= 0.3 is 0 Å². The molecule has 0 unspecified atom stereocenters. The molecule has 0 bridgehead atoms. The van der Waals surface area contributed by atoms with Crippen molar-refractivity contribution in [1.82, 2.24) is 9.55 Å². The Balaban J connectivity index is 2.14. The van der Waals surface area contributed by atoms with E-state index in [2.05, 4.69) is 11.1 Å². The van der Waals surface area contributed by atoms with Gasteiger partial charge in [0.15, 0.2) is 5.16 Å². The zero-order valence-electron chi connectivity index (χ0n) is 13.5. The maximum absolute atomic E-state index is 12.7. The van der Waals surface area contributed by atoms with E-state index in [1.54, 1.807) is 7.05 Å². The highest BCUT2D eigenvalue weighted by Gasteiger charge is 2.17. The topological polar surface area (TPSA) is 34.9 Å². The monoisotopic (exact) mass is 366 g/mol. The lowest BCUT2D eigenvalue weighted by molar-refractivity contribution is 0.176. The number of alkyl halides is 2. The number of halogens is 2. The van der Waals surface area contributed by atoms with E-state index in [1.807, 2.05) is 31.4 Å². The molecular formula is C17H16F2N2OS2. The first-order valence-electron chi connectivity index (χ1n) is 7.35. The summed E-state index contributed by atoms with van der Waals surface area (Å²) < 4.78 is 26.2. The van der Waals surface area contributed by atoms with E-state index in [4.69, 9.17) is 0 Å². The quantitative estimate of drug-likeness (QED) is 0.498. The first-order valence-corrected chi connectivity index (χ1v) is 9.22. The summed E-state index contributed by atoms with van der Waals surface area (Å²) in [5, 5.41) is 2.78. The number of aromatic nitrogens is 2. The zero-order chi connectivity index (χ0) is 17.4. The Kier molecular flexibility index (Phi) is 4.73. The largest absolute Gasteiger partial charge is 0.290 e. The molecule has 0 aliphatic carbocycles. The molecule has 2 aromatic heterocycles. The minimum absolute atomic E-state index is 0.203. The Morgan fingerprint density at radius 3 is 2.71 bits per heavy atom. The molecule has 0 saturated heterocycles. The van der Waals surface area contributed by atoms with Gasteiger partial charge in [-0.1, -0.05) is 30.0 Å². The van der Waals surface area contributed by atoms with Crippen LogP contribution in [0.15, 0.2) is 33.5 Å². The molecule has 0 aliphatic heterocycles. The maximum Gasteiger partial charge on any atom is 0.263 e. The van der Waals surface area contributed by atoms with E-state index >= 15 is 0 Å².